The molecule has 0 aliphatic carbocycles. The zero-order chi connectivity index (χ0) is 17.6. The van der Waals surface area contributed by atoms with Gasteiger partial charge < -0.3 is 10.6 Å². The summed E-state index contributed by atoms with van der Waals surface area (Å²) in [6.07, 6.45) is 1.57. The van der Waals surface area contributed by atoms with E-state index in [0.29, 0.717) is 22.6 Å². The fourth-order valence-corrected chi connectivity index (χ4v) is 2.31. The van der Waals surface area contributed by atoms with Crippen molar-refractivity contribution in [1.82, 2.24) is 4.98 Å². The monoisotopic (exact) mass is 331 g/mol. The number of nitrogens with zero attached hydrogens (tertiary/aromatic N) is 1. The van der Waals surface area contributed by atoms with E-state index in [9.17, 15) is 9.59 Å². The van der Waals surface area contributed by atoms with Gasteiger partial charge >= 0.3 is 0 Å². The van der Waals surface area contributed by atoms with Gasteiger partial charge in [0.2, 0.25) is 0 Å². The molecule has 25 heavy (non-hydrogen) atoms. The third kappa shape index (κ3) is 4.09. The van der Waals surface area contributed by atoms with E-state index in [0.717, 1.165) is 5.56 Å². The van der Waals surface area contributed by atoms with Crippen LogP contribution in [0, 0.1) is 6.92 Å². The van der Waals surface area contributed by atoms with Crippen molar-refractivity contribution in [3.63, 3.8) is 0 Å². The molecular formula is C20H17N3O2. The van der Waals surface area contributed by atoms with Crippen LogP contribution in [0.25, 0.3) is 0 Å². The summed E-state index contributed by atoms with van der Waals surface area (Å²) >= 11 is 0. The quantitative estimate of drug-likeness (QED) is 0.762. The Labute approximate surface area is 145 Å². The van der Waals surface area contributed by atoms with Crippen molar-refractivity contribution in [1.29, 1.82) is 0 Å². The van der Waals surface area contributed by atoms with Crippen LogP contribution in [0.4, 0.5) is 11.4 Å². The molecule has 124 valence electrons. The first-order chi connectivity index (χ1) is 12.1. The molecule has 1 heterocycles. The molecule has 0 bridgehead atoms. The lowest BCUT2D eigenvalue weighted by molar-refractivity contribution is 0.101. The smallest absolute Gasteiger partial charge is 0.274 e. The van der Waals surface area contributed by atoms with Gasteiger partial charge in [-0.05, 0) is 48.9 Å². The predicted molar refractivity (Wildman–Crippen MR) is 97.8 cm³/mol. The summed E-state index contributed by atoms with van der Waals surface area (Å²) in [5.74, 6) is -0.498. The standard InChI is InChI=1S/C20H17N3O2/c1-14-10-11-16(22-19(24)15-7-3-2-4-8-15)13-18(14)23-20(25)17-9-5-6-12-21-17/h2-13H,1H3,(H,22,24)(H,23,25). The molecule has 0 radical (unpaired) electrons. The van der Waals surface area contributed by atoms with Gasteiger partial charge in [0.15, 0.2) is 0 Å². The Balaban J connectivity index is 1.76. The molecule has 5 nitrogen and oxygen atoms in total. The Morgan fingerprint density at radius 2 is 1.60 bits per heavy atom. The Bertz CT molecular complexity index is 893. The van der Waals surface area contributed by atoms with Crippen LogP contribution in [0.15, 0.2) is 72.9 Å². The molecule has 0 spiro atoms. The minimum Gasteiger partial charge on any atom is -0.322 e. The van der Waals surface area contributed by atoms with Crippen LogP contribution in [0.2, 0.25) is 0 Å². The number of carbonyl (C=O) groups excluding carboxylic acids is 2. The van der Waals surface area contributed by atoms with Crippen LogP contribution in [-0.2, 0) is 0 Å². The highest BCUT2D eigenvalue weighted by atomic mass is 16.2. The Morgan fingerprint density at radius 3 is 2.32 bits per heavy atom. The average molecular weight is 331 g/mol. The van der Waals surface area contributed by atoms with E-state index < -0.39 is 0 Å². The second kappa shape index (κ2) is 7.40. The number of aromatic nitrogens is 1. The summed E-state index contributed by atoms with van der Waals surface area (Å²) in [7, 11) is 0. The van der Waals surface area contributed by atoms with E-state index in [1.807, 2.05) is 31.2 Å². The van der Waals surface area contributed by atoms with E-state index >= 15 is 0 Å². The van der Waals surface area contributed by atoms with Crippen LogP contribution in [-0.4, -0.2) is 16.8 Å². The zero-order valence-corrected chi connectivity index (χ0v) is 13.7. The number of anilines is 2. The third-order valence-electron chi connectivity index (χ3n) is 3.68. The van der Waals surface area contributed by atoms with Crippen LogP contribution < -0.4 is 10.6 Å². The molecule has 0 aliphatic heterocycles. The summed E-state index contributed by atoms with van der Waals surface area (Å²) in [6.45, 7) is 1.89. The Kier molecular flexibility index (Phi) is 4.85. The Hall–Kier alpha value is -3.47. The summed E-state index contributed by atoms with van der Waals surface area (Å²) in [5, 5.41) is 5.66. The largest absolute Gasteiger partial charge is 0.322 e. The van der Waals surface area contributed by atoms with Crippen LogP contribution in [0.3, 0.4) is 0 Å². The topological polar surface area (TPSA) is 71.1 Å². The second-order valence-corrected chi connectivity index (χ2v) is 5.52. The number of rotatable bonds is 4. The Morgan fingerprint density at radius 1 is 0.840 bits per heavy atom. The van der Waals surface area contributed by atoms with Gasteiger partial charge in [-0.3, -0.25) is 14.6 Å². The molecule has 5 heteroatoms. The van der Waals surface area contributed by atoms with E-state index in [4.69, 9.17) is 0 Å². The molecule has 3 rings (SSSR count). The molecule has 2 amide bonds. The molecule has 0 saturated carbocycles. The fraction of sp³-hybridized carbons (Fsp3) is 0.0500. The molecule has 0 atom stereocenters. The lowest BCUT2D eigenvalue weighted by atomic mass is 10.1. The van der Waals surface area contributed by atoms with Gasteiger partial charge in [0, 0.05) is 23.1 Å². The number of benzene rings is 2. The molecular weight excluding hydrogens is 314 g/mol. The van der Waals surface area contributed by atoms with Gasteiger partial charge in [0.05, 0.1) is 0 Å². The maximum Gasteiger partial charge on any atom is 0.274 e. The SMILES string of the molecule is Cc1ccc(NC(=O)c2ccccc2)cc1NC(=O)c1ccccn1. The molecule has 0 fully saturated rings. The first-order valence-corrected chi connectivity index (χ1v) is 7.83. The van der Waals surface area contributed by atoms with Gasteiger partial charge in [-0.2, -0.15) is 0 Å². The average Bonchev–Trinajstić information content (AvgIpc) is 2.66. The first-order valence-electron chi connectivity index (χ1n) is 7.83. The summed E-state index contributed by atoms with van der Waals surface area (Å²) in [5.41, 5.74) is 3.03. The second-order valence-electron chi connectivity index (χ2n) is 5.52. The van der Waals surface area contributed by atoms with E-state index in [1.54, 1.807) is 48.7 Å². The first kappa shape index (κ1) is 16.4. The highest BCUT2D eigenvalue weighted by Gasteiger charge is 2.11. The van der Waals surface area contributed by atoms with Gasteiger partial charge in [-0.1, -0.05) is 30.3 Å². The highest BCUT2D eigenvalue weighted by molar-refractivity contribution is 6.06. The predicted octanol–water partition coefficient (Wildman–Crippen LogP) is 3.89. The number of carbonyl (C=O) groups is 2. The van der Waals surface area contributed by atoms with Crippen molar-refractivity contribution < 1.29 is 9.59 Å². The van der Waals surface area contributed by atoms with E-state index in [-0.39, 0.29) is 11.8 Å². The molecule has 3 aromatic rings. The summed E-state index contributed by atoms with van der Waals surface area (Å²) in [6, 6.07) is 19.5. The van der Waals surface area contributed by atoms with Gasteiger partial charge in [-0.15, -0.1) is 0 Å². The van der Waals surface area contributed by atoms with Gasteiger partial charge in [0.25, 0.3) is 11.8 Å². The van der Waals surface area contributed by atoms with Crippen molar-refractivity contribution in [2.24, 2.45) is 0 Å². The maximum absolute atomic E-state index is 12.3. The number of aryl methyl sites for hydroxylation is 1. The van der Waals surface area contributed by atoms with Crippen molar-refractivity contribution >= 4 is 23.2 Å². The number of hydrogen-bond acceptors (Lipinski definition) is 3. The van der Waals surface area contributed by atoms with Gasteiger partial charge in [-0.25, -0.2) is 0 Å². The number of nitrogens with one attached hydrogen (secondary N) is 2. The van der Waals surface area contributed by atoms with Crippen molar-refractivity contribution in [2.75, 3.05) is 10.6 Å². The van der Waals surface area contributed by atoms with Crippen molar-refractivity contribution in [2.45, 2.75) is 6.92 Å². The van der Waals surface area contributed by atoms with Crippen LogP contribution in [0.1, 0.15) is 26.4 Å². The summed E-state index contributed by atoms with van der Waals surface area (Å²) in [4.78, 5) is 28.5. The maximum atomic E-state index is 12.3. The molecule has 0 unspecified atom stereocenters. The van der Waals surface area contributed by atoms with Crippen LogP contribution in [0.5, 0.6) is 0 Å². The molecule has 0 saturated heterocycles. The number of hydrogen-bond donors (Lipinski definition) is 2. The van der Waals surface area contributed by atoms with Gasteiger partial charge in [0.1, 0.15) is 5.69 Å². The molecule has 0 aliphatic rings. The minimum absolute atomic E-state index is 0.202. The number of pyridine rings is 1. The van der Waals surface area contributed by atoms with E-state index in [2.05, 4.69) is 15.6 Å². The van der Waals surface area contributed by atoms with Crippen molar-refractivity contribution in [3.8, 4) is 0 Å². The third-order valence-corrected chi connectivity index (χ3v) is 3.68. The normalized spacial score (nSPS) is 10.1. The lowest BCUT2D eigenvalue weighted by Gasteiger charge is -2.11. The summed E-state index contributed by atoms with van der Waals surface area (Å²) < 4.78 is 0. The van der Waals surface area contributed by atoms with Crippen molar-refractivity contribution in [3.05, 3.63) is 89.7 Å². The molecule has 1 aromatic heterocycles. The van der Waals surface area contributed by atoms with E-state index in [1.165, 1.54) is 0 Å². The number of amides is 2. The molecule has 2 aromatic carbocycles. The van der Waals surface area contributed by atoms with Crippen LogP contribution >= 0.6 is 0 Å². The fourth-order valence-electron chi connectivity index (χ4n) is 2.31. The lowest BCUT2D eigenvalue weighted by Crippen LogP contribution is -2.15. The minimum atomic E-state index is -0.296. The zero-order valence-electron chi connectivity index (χ0n) is 13.7. The highest BCUT2D eigenvalue weighted by Crippen LogP contribution is 2.21. The molecule has 2 N–H and O–H groups in total.